The van der Waals surface area contributed by atoms with E-state index in [1.165, 1.54) is 18.3 Å². The summed E-state index contributed by atoms with van der Waals surface area (Å²) in [6, 6.07) is 14.2. The summed E-state index contributed by atoms with van der Waals surface area (Å²) in [6.07, 6.45) is 4.95. The summed E-state index contributed by atoms with van der Waals surface area (Å²) in [7, 11) is 0. The van der Waals surface area contributed by atoms with E-state index in [1.807, 2.05) is 36.4 Å². The smallest absolute Gasteiger partial charge is 0.311 e. The monoisotopic (exact) mass is 339 g/mol. The number of nitro benzene ring substituents is 1. The number of amides is 1. The lowest BCUT2D eigenvalue weighted by atomic mass is 10.2. The number of ether oxygens (including phenoxy) is 1. The lowest BCUT2D eigenvalue weighted by Crippen LogP contribution is -2.24. The molecule has 0 fully saturated rings. The first-order valence-corrected chi connectivity index (χ1v) is 7.48. The van der Waals surface area contributed by atoms with E-state index in [9.17, 15) is 14.9 Å². The van der Waals surface area contributed by atoms with Crippen LogP contribution in [0.15, 0.2) is 59.7 Å². The van der Waals surface area contributed by atoms with Gasteiger partial charge in [0.15, 0.2) is 12.4 Å². The van der Waals surface area contributed by atoms with Crippen molar-refractivity contribution in [1.29, 1.82) is 0 Å². The molecule has 0 radical (unpaired) electrons. The number of rotatable bonds is 7. The van der Waals surface area contributed by atoms with Gasteiger partial charge >= 0.3 is 5.69 Å². The van der Waals surface area contributed by atoms with E-state index in [-0.39, 0.29) is 18.0 Å². The predicted octanol–water partition coefficient (Wildman–Crippen LogP) is 3.10. The summed E-state index contributed by atoms with van der Waals surface area (Å²) in [5, 5.41) is 14.7. The molecule has 2 rings (SSSR count). The molecule has 2 aromatic rings. The highest BCUT2D eigenvalue weighted by atomic mass is 16.6. The molecule has 1 amide bonds. The molecular weight excluding hydrogens is 322 g/mol. The van der Waals surface area contributed by atoms with Crippen molar-refractivity contribution in [1.82, 2.24) is 5.43 Å². The molecule has 0 aliphatic carbocycles. The van der Waals surface area contributed by atoms with Crippen molar-refractivity contribution in [3.63, 3.8) is 0 Å². The van der Waals surface area contributed by atoms with E-state index in [4.69, 9.17) is 4.74 Å². The molecule has 0 aliphatic heterocycles. The number of carbonyl (C=O) groups excluding carboxylic acids is 1. The van der Waals surface area contributed by atoms with Gasteiger partial charge in [-0.05, 0) is 30.2 Å². The first-order valence-electron chi connectivity index (χ1n) is 7.48. The van der Waals surface area contributed by atoms with Crippen LogP contribution in [-0.2, 0) is 4.79 Å². The van der Waals surface area contributed by atoms with Gasteiger partial charge < -0.3 is 4.74 Å². The molecule has 128 valence electrons. The highest BCUT2D eigenvalue weighted by molar-refractivity contribution is 5.82. The number of aryl methyl sites for hydroxylation is 1. The van der Waals surface area contributed by atoms with Crippen molar-refractivity contribution < 1.29 is 14.5 Å². The summed E-state index contributed by atoms with van der Waals surface area (Å²) in [5.41, 5.74) is 3.85. The minimum Gasteiger partial charge on any atom is -0.477 e. The minimum absolute atomic E-state index is 0.0405. The molecular formula is C18H17N3O4. The van der Waals surface area contributed by atoms with E-state index in [1.54, 1.807) is 19.1 Å². The van der Waals surface area contributed by atoms with Crippen LogP contribution < -0.4 is 10.2 Å². The zero-order chi connectivity index (χ0) is 18.1. The molecule has 0 aliphatic rings. The van der Waals surface area contributed by atoms with E-state index in [0.29, 0.717) is 0 Å². The van der Waals surface area contributed by atoms with Crippen LogP contribution in [0.2, 0.25) is 0 Å². The maximum absolute atomic E-state index is 11.7. The zero-order valence-corrected chi connectivity index (χ0v) is 13.6. The van der Waals surface area contributed by atoms with Crippen LogP contribution in [0.5, 0.6) is 5.75 Å². The number of nitro groups is 1. The van der Waals surface area contributed by atoms with Gasteiger partial charge in [0, 0.05) is 12.3 Å². The molecule has 0 unspecified atom stereocenters. The van der Waals surface area contributed by atoms with Gasteiger partial charge in [0.1, 0.15) is 0 Å². The number of nitrogens with one attached hydrogen (secondary N) is 1. The fraction of sp³-hybridized carbons (Fsp3) is 0.111. The second-order valence-electron chi connectivity index (χ2n) is 5.10. The Morgan fingerprint density at radius 2 is 2.04 bits per heavy atom. The third kappa shape index (κ3) is 5.91. The van der Waals surface area contributed by atoms with Crippen molar-refractivity contribution in [2.75, 3.05) is 6.61 Å². The van der Waals surface area contributed by atoms with E-state index in [0.717, 1.165) is 11.1 Å². The minimum atomic E-state index is -0.549. The molecule has 2 aromatic carbocycles. The number of benzene rings is 2. The molecule has 7 nitrogen and oxygen atoms in total. The number of hydrogen-bond acceptors (Lipinski definition) is 5. The second kappa shape index (κ2) is 8.97. The number of nitrogens with zero attached hydrogens (tertiary/aromatic N) is 2. The Labute approximate surface area is 144 Å². The third-order valence-corrected chi connectivity index (χ3v) is 3.11. The molecule has 1 N–H and O–H groups in total. The third-order valence-electron chi connectivity index (χ3n) is 3.11. The van der Waals surface area contributed by atoms with Crippen LogP contribution in [0.3, 0.4) is 0 Å². The van der Waals surface area contributed by atoms with Crippen LogP contribution >= 0.6 is 0 Å². The maximum atomic E-state index is 11.7. The average molecular weight is 339 g/mol. The maximum Gasteiger partial charge on any atom is 0.311 e. The van der Waals surface area contributed by atoms with E-state index >= 15 is 0 Å². The first kappa shape index (κ1) is 17.9. The van der Waals surface area contributed by atoms with Crippen LogP contribution in [-0.4, -0.2) is 23.7 Å². The molecule has 0 spiro atoms. The summed E-state index contributed by atoms with van der Waals surface area (Å²) in [4.78, 5) is 22.1. The normalized spacial score (nSPS) is 10.9. The average Bonchev–Trinajstić information content (AvgIpc) is 2.61. The lowest BCUT2D eigenvalue weighted by molar-refractivity contribution is -0.385. The number of hydrazone groups is 1. The van der Waals surface area contributed by atoms with Gasteiger partial charge in [-0.15, -0.1) is 0 Å². The topological polar surface area (TPSA) is 93.8 Å². The number of hydrogen-bond donors (Lipinski definition) is 1. The van der Waals surface area contributed by atoms with Gasteiger partial charge in [0.05, 0.1) is 4.92 Å². The van der Waals surface area contributed by atoms with Gasteiger partial charge in [-0.25, -0.2) is 5.43 Å². The quantitative estimate of drug-likeness (QED) is 0.476. The summed E-state index contributed by atoms with van der Waals surface area (Å²) in [6.45, 7) is 1.37. The highest BCUT2D eigenvalue weighted by Gasteiger charge is 2.16. The van der Waals surface area contributed by atoms with Gasteiger partial charge in [0.25, 0.3) is 5.91 Å². The predicted molar refractivity (Wildman–Crippen MR) is 95.4 cm³/mol. The van der Waals surface area contributed by atoms with E-state index < -0.39 is 10.8 Å². The summed E-state index contributed by atoms with van der Waals surface area (Å²) < 4.78 is 5.20. The van der Waals surface area contributed by atoms with Gasteiger partial charge in [0.2, 0.25) is 0 Å². The Balaban J connectivity index is 1.82. The zero-order valence-electron chi connectivity index (χ0n) is 13.6. The fourth-order valence-electron chi connectivity index (χ4n) is 1.94. The van der Waals surface area contributed by atoms with Crippen molar-refractivity contribution in [2.24, 2.45) is 5.10 Å². The van der Waals surface area contributed by atoms with Crippen molar-refractivity contribution >= 4 is 23.9 Å². The number of carbonyl (C=O) groups is 1. The van der Waals surface area contributed by atoms with Gasteiger partial charge in [-0.2, -0.15) is 5.10 Å². The molecule has 0 saturated heterocycles. The summed E-state index contributed by atoms with van der Waals surface area (Å²) in [5.74, 6) is -0.474. The second-order valence-corrected chi connectivity index (χ2v) is 5.10. The first-order chi connectivity index (χ1) is 12.1. The Morgan fingerprint density at radius 1 is 1.28 bits per heavy atom. The Hall–Kier alpha value is -3.48. The van der Waals surface area contributed by atoms with E-state index in [2.05, 4.69) is 10.5 Å². The van der Waals surface area contributed by atoms with Gasteiger partial charge in [-0.1, -0.05) is 42.5 Å². The molecule has 0 aromatic heterocycles. The van der Waals surface area contributed by atoms with Crippen molar-refractivity contribution in [2.45, 2.75) is 6.92 Å². The lowest BCUT2D eigenvalue weighted by Gasteiger charge is -2.06. The van der Waals surface area contributed by atoms with Crippen molar-refractivity contribution in [3.8, 4) is 5.75 Å². The molecule has 0 saturated carbocycles. The molecule has 25 heavy (non-hydrogen) atoms. The van der Waals surface area contributed by atoms with Crippen LogP contribution in [0.4, 0.5) is 5.69 Å². The molecule has 7 heteroatoms. The van der Waals surface area contributed by atoms with Crippen LogP contribution in [0.1, 0.15) is 11.1 Å². The SMILES string of the molecule is Cc1ccc(OCC(=O)NN=C/C=C\c2ccccc2)c([N+](=O)[O-])c1. The Morgan fingerprint density at radius 3 is 2.76 bits per heavy atom. The van der Waals surface area contributed by atoms with Gasteiger partial charge in [-0.3, -0.25) is 14.9 Å². The van der Waals surface area contributed by atoms with Crippen LogP contribution in [0.25, 0.3) is 6.08 Å². The van der Waals surface area contributed by atoms with Crippen molar-refractivity contribution in [3.05, 3.63) is 75.8 Å². The standard InChI is InChI=1S/C18H17N3O4/c1-14-9-10-17(16(12-14)21(23)24)25-13-18(22)20-19-11-5-8-15-6-3-2-4-7-15/h2-12H,13H2,1H3,(H,20,22)/b8-5-,19-11?. The molecule has 0 heterocycles. The Bertz CT molecular complexity index is 801. The fourth-order valence-corrected chi connectivity index (χ4v) is 1.94. The molecule has 0 bridgehead atoms. The largest absolute Gasteiger partial charge is 0.477 e. The summed E-state index contributed by atoms with van der Waals surface area (Å²) >= 11 is 0. The highest BCUT2D eigenvalue weighted by Crippen LogP contribution is 2.27. The van der Waals surface area contributed by atoms with Crippen LogP contribution in [0, 0.1) is 17.0 Å². The Kier molecular flexibility index (Phi) is 6.41. The molecule has 0 atom stereocenters. The number of allylic oxidation sites excluding steroid dienone is 1.